The maximum atomic E-state index is 12.9. The van der Waals surface area contributed by atoms with Crippen molar-refractivity contribution in [3.8, 4) is 11.6 Å². The van der Waals surface area contributed by atoms with Gasteiger partial charge in [0, 0.05) is 44.0 Å². The van der Waals surface area contributed by atoms with Crippen molar-refractivity contribution in [3.05, 3.63) is 48.2 Å². The number of methoxy groups -OCH3 is 1. The number of pyridine rings is 1. The maximum Gasteiger partial charge on any atom is 0.416 e. The third kappa shape index (κ3) is 5.12. The second kappa shape index (κ2) is 9.16. The number of amides is 3. The Hall–Kier alpha value is -3.50. The van der Waals surface area contributed by atoms with E-state index in [0.29, 0.717) is 31.8 Å². The van der Waals surface area contributed by atoms with Crippen LogP contribution in [0, 0.1) is 0 Å². The molecule has 8 nitrogen and oxygen atoms in total. The molecule has 3 heterocycles. The zero-order chi connectivity index (χ0) is 23.6. The minimum atomic E-state index is -4.49. The van der Waals surface area contributed by atoms with Crippen LogP contribution in [-0.4, -0.2) is 72.7 Å². The van der Waals surface area contributed by atoms with E-state index in [1.165, 1.54) is 4.90 Å². The first-order chi connectivity index (χ1) is 15.7. The lowest BCUT2D eigenvalue weighted by Gasteiger charge is -2.22. The number of ether oxygens (including phenoxy) is 2. The Balaban J connectivity index is 1.30. The van der Waals surface area contributed by atoms with Crippen molar-refractivity contribution in [2.45, 2.75) is 18.7 Å². The summed E-state index contributed by atoms with van der Waals surface area (Å²) in [7, 11) is 1.56. The smallest absolute Gasteiger partial charge is 0.416 e. The minimum Gasteiger partial charge on any atom is -0.497 e. The third-order valence-electron chi connectivity index (χ3n) is 5.65. The van der Waals surface area contributed by atoms with Crippen molar-refractivity contribution >= 4 is 17.6 Å². The zero-order valence-electron chi connectivity index (χ0n) is 17.9. The van der Waals surface area contributed by atoms with Gasteiger partial charge in [0.25, 0.3) is 0 Å². The van der Waals surface area contributed by atoms with Crippen LogP contribution in [0.25, 0.3) is 0 Å². The summed E-state index contributed by atoms with van der Waals surface area (Å²) in [6.45, 7) is 1.43. The highest BCUT2D eigenvalue weighted by atomic mass is 19.4. The molecule has 1 aromatic heterocycles. The van der Waals surface area contributed by atoms with Crippen LogP contribution in [0.3, 0.4) is 0 Å². The van der Waals surface area contributed by atoms with Gasteiger partial charge in [-0.15, -0.1) is 0 Å². The molecule has 0 radical (unpaired) electrons. The van der Waals surface area contributed by atoms with Crippen molar-refractivity contribution in [2.75, 3.05) is 44.7 Å². The SMILES string of the molecule is COc1ccc(N2CCN(CC(=O)N3CCC(Oc4cc(C(F)(F)F)ccn4)C3)C2=O)cc1. The molecule has 0 N–H and O–H groups in total. The number of urea groups is 1. The highest BCUT2D eigenvalue weighted by molar-refractivity contribution is 5.96. The second-order valence-corrected chi connectivity index (χ2v) is 7.80. The number of halogens is 3. The maximum absolute atomic E-state index is 12.9. The molecule has 0 saturated carbocycles. The fourth-order valence-corrected chi connectivity index (χ4v) is 3.87. The number of nitrogens with zero attached hydrogens (tertiary/aromatic N) is 4. The number of alkyl halides is 3. The standard InChI is InChI=1S/C22H23F3N4O4/c1-32-17-4-2-16(3-5-17)29-11-10-28(21(29)31)14-20(30)27-9-7-18(13-27)33-19-12-15(6-8-26-19)22(23,24)25/h2-6,8,12,18H,7,9-11,13-14H2,1H3. The molecule has 0 bridgehead atoms. The molecule has 3 amide bonds. The Morgan fingerprint density at radius 3 is 2.61 bits per heavy atom. The van der Waals surface area contributed by atoms with Crippen LogP contribution in [0.1, 0.15) is 12.0 Å². The molecular weight excluding hydrogens is 441 g/mol. The number of anilines is 1. The van der Waals surface area contributed by atoms with Gasteiger partial charge in [-0.1, -0.05) is 0 Å². The molecule has 0 spiro atoms. The number of likely N-dealkylation sites (tertiary alicyclic amines) is 1. The van der Waals surface area contributed by atoms with Crippen LogP contribution in [-0.2, 0) is 11.0 Å². The number of rotatable bonds is 6. The van der Waals surface area contributed by atoms with Crippen LogP contribution in [0.5, 0.6) is 11.6 Å². The van der Waals surface area contributed by atoms with Gasteiger partial charge in [-0.3, -0.25) is 9.69 Å². The molecule has 11 heteroatoms. The first kappa shape index (κ1) is 22.7. The second-order valence-electron chi connectivity index (χ2n) is 7.80. The van der Waals surface area contributed by atoms with E-state index in [2.05, 4.69) is 4.98 Å². The van der Waals surface area contributed by atoms with Crippen molar-refractivity contribution < 1.29 is 32.2 Å². The molecule has 1 atom stereocenters. The predicted molar refractivity (Wildman–Crippen MR) is 112 cm³/mol. The monoisotopic (exact) mass is 464 g/mol. The predicted octanol–water partition coefficient (Wildman–Crippen LogP) is 3.03. The fraction of sp³-hybridized carbons (Fsp3) is 0.409. The zero-order valence-corrected chi connectivity index (χ0v) is 17.9. The summed E-state index contributed by atoms with van der Waals surface area (Å²) in [6.07, 6.45) is -3.44. The van der Waals surface area contributed by atoms with Crippen LogP contribution >= 0.6 is 0 Å². The Morgan fingerprint density at radius 1 is 1.15 bits per heavy atom. The number of benzene rings is 1. The van der Waals surface area contributed by atoms with Gasteiger partial charge in [-0.05, 0) is 30.3 Å². The van der Waals surface area contributed by atoms with Gasteiger partial charge >= 0.3 is 12.2 Å². The van der Waals surface area contributed by atoms with Crippen molar-refractivity contribution in [3.63, 3.8) is 0 Å². The number of carbonyl (C=O) groups is 2. The largest absolute Gasteiger partial charge is 0.497 e. The molecule has 1 aromatic carbocycles. The van der Waals surface area contributed by atoms with E-state index in [9.17, 15) is 22.8 Å². The molecule has 1 unspecified atom stereocenters. The average Bonchev–Trinajstić information content (AvgIpc) is 3.40. The highest BCUT2D eigenvalue weighted by Gasteiger charge is 2.35. The summed E-state index contributed by atoms with van der Waals surface area (Å²) in [5.74, 6) is 0.320. The molecule has 2 aromatic rings. The van der Waals surface area contributed by atoms with Gasteiger partial charge in [0.2, 0.25) is 11.8 Å². The van der Waals surface area contributed by atoms with E-state index in [1.807, 2.05) is 0 Å². The van der Waals surface area contributed by atoms with E-state index in [-0.39, 0.29) is 30.9 Å². The van der Waals surface area contributed by atoms with Crippen LogP contribution in [0.2, 0.25) is 0 Å². The fourth-order valence-electron chi connectivity index (χ4n) is 3.87. The number of aromatic nitrogens is 1. The van der Waals surface area contributed by atoms with E-state index in [1.54, 1.807) is 41.2 Å². The molecule has 2 fully saturated rings. The van der Waals surface area contributed by atoms with Gasteiger partial charge in [-0.25, -0.2) is 9.78 Å². The lowest BCUT2D eigenvalue weighted by molar-refractivity contribution is -0.137. The summed E-state index contributed by atoms with van der Waals surface area (Å²) in [5, 5.41) is 0. The van der Waals surface area contributed by atoms with Crippen LogP contribution < -0.4 is 14.4 Å². The lowest BCUT2D eigenvalue weighted by Crippen LogP contribution is -2.42. The average molecular weight is 464 g/mol. The molecule has 176 valence electrons. The molecule has 2 aliphatic heterocycles. The Kier molecular flexibility index (Phi) is 6.30. The Morgan fingerprint density at radius 2 is 1.91 bits per heavy atom. The van der Waals surface area contributed by atoms with E-state index < -0.39 is 17.8 Å². The quantitative estimate of drug-likeness (QED) is 0.657. The molecule has 4 rings (SSSR count). The van der Waals surface area contributed by atoms with Crippen molar-refractivity contribution in [2.24, 2.45) is 0 Å². The highest BCUT2D eigenvalue weighted by Crippen LogP contribution is 2.31. The summed E-state index contributed by atoms with van der Waals surface area (Å²) in [6, 6.07) is 8.56. The number of carbonyl (C=O) groups excluding carboxylic acids is 2. The molecule has 2 aliphatic rings. The summed E-state index contributed by atoms with van der Waals surface area (Å²) in [4.78, 5) is 34.0. The van der Waals surface area contributed by atoms with Crippen molar-refractivity contribution in [1.82, 2.24) is 14.8 Å². The minimum absolute atomic E-state index is 0.0694. The van der Waals surface area contributed by atoms with Crippen molar-refractivity contribution in [1.29, 1.82) is 0 Å². The Labute approximate surface area is 188 Å². The first-order valence-electron chi connectivity index (χ1n) is 10.4. The topological polar surface area (TPSA) is 75.2 Å². The normalized spacial score (nSPS) is 18.7. The van der Waals surface area contributed by atoms with E-state index in [0.717, 1.165) is 24.0 Å². The van der Waals surface area contributed by atoms with Crippen LogP contribution in [0.15, 0.2) is 42.6 Å². The Bertz CT molecular complexity index is 1020. The van der Waals surface area contributed by atoms with Gasteiger partial charge in [-0.2, -0.15) is 13.2 Å². The van der Waals surface area contributed by atoms with Gasteiger partial charge in [0.05, 0.1) is 19.2 Å². The molecule has 33 heavy (non-hydrogen) atoms. The first-order valence-corrected chi connectivity index (χ1v) is 10.4. The van der Waals surface area contributed by atoms with Gasteiger partial charge in [0.15, 0.2) is 0 Å². The summed E-state index contributed by atoms with van der Waals surface area (Å²) < 4.78 is 49.3. The van der Waals surface area contributed by atoms with E-state index in [4.69, 9.17) is 9.47 Å². The summed E-state index contributed by atoms with van der Waals surface area (Å²) in [5.41, 5.74) is -0.119. The summed E-state index contributed by atoms with van der Waals surface area (Å²) >= 11 is 0. The third-order valence-corrected chi connectivity index (χ3v) is 5.65. The lowest BCUT2D eigenvalue weighted by atomic mass is 10.2. The van der Waals surface area contributed by atoms with Crippen LogP contribution in [0.4, 0.5) is 23.7 Å². The molecule has 0 aliphatic carbocycles. The number of hydrogen-bond donors (Lipinski definition) is 0. The van der Waals surface area contributed by atoms with E-state index >= 15 is 0 Å². The molecule has 2 saturated heterocycles. The van der Waals surface area contributed by atoms with Gasteiger partial charge < -0.3 is 19.3 Å². The van der Waals surface area contributed by atoms with Gasteiger partial charge in [0.1, 0.15) is 18.4 Å². The number of hydrogen-bond acceptors (Lipinski definition) is 5. The molecular formula is C22H23F3N4O4.